The maximum absolute atomic E-state index is 10.4. The molecule has 0 saturated carbocycles. The van der Waals surface area contributed by atoms with Crippen LogP contribution in [-0.4, -0.2) is 15.9 Å². The molecule has 1 rings (SSSR count). The van der Waals surface area contributed by atoms with Crippen molar-refractivity contribution in [2.45, 2.75) is 0 Å². The predicted octanol–water partition coefficient (Wildman–Crippen LogP) is 0.651. The molecule has 1 heterocycles. The lowest BCUT2D eigenvalue weighted by Crippen LogP contribution is -2.13. The molecule has 0 aromatic carbocycles. The summed E-state index contributed by atoms with van der Waals surface area (Å²) in [5, 5.41) is 0.163. The average Bonchev–Trinajstić information content (AvgIpc) is 1.88. The molecule has 0 spiro atoms. The Bertz CT molecular complexity index is 266. The molecular weight excluding hydrogens is 189 g/mol. The minimum atomic E-state index is -0.630. The number of hydrogen-bond acceptors (Lipinski definition) is 3. The molecule has 2 N–H and O–H groups in total. The van der Waals surface area contributed by atoms with E-state index in [0.29, 0.717) is 0 Å². The van der Waals surface area contributed by atoms with Crippen LogP contribution >= 0.6 is 24.0 Å². The van der Waals surface area contributed by atoms with Gasteiger partial charge in [0.25, 0.3) is 5.91 Å². The molecule has 0 aliphatic heterocycles. The predicted molar refractivity (Wildman–Crippen MR) is 42.8 cm³/mol. The van der Waals surface area contributed by atoms with Crippen LogP contribution < -0.4 is 5.73 Å². The number of aromatic nitrogens is 2. The molecule has 6 heteroatoms. The third kappa shape index (κ3) is 2.69. The van der Waals surface area contributed by atoms with Crippen molar-refractivity contribution in [3.63, 3.8) is 0 Å². The quantitative estimate of drug-likeness (QED) is 0.713. The number of halogens is 2. The van der Waals surface area contributed by atoms with Gasteiger partial charge in [0.15, 0.2) is 0 Å². The van der Waals surface area contributed by atoms with Gasteiger partial charge in [-0.15, -0.1) is 12.4 Å². The highest BCUT2D eigenvalue weighted by atomic mass is 35.5. The van der Waals surface area contributed by atoms with Crippen molar-refractivity contribution < 1.29 is 4.79 Å². The van der Waals surface area contributed by atoms with Gasteiger partial charge in [0.2, 0.25) is 0 Å². The van der Waals surface area contributed by atoms with Crippen LogP contribution in [0.2, 0.25) is 5.15 Å². The van der Waals surface area contributed by atoms with Crippen molar-refractivity contribution in [3.05, 3.63) is 23.2 Å². The third-order valence-corrected chi connectivity index (χ3v) is 1.04. The monoisotopic (exact) mass is 193 g/mol. The fourth-order valence-electron chi connectivity index (χ4n) is 0.461. The average molecular weight is 194 g/mol. The standard InChI is InChI=1S/C5H4ClN3O.ClH/c6-4-2-8-1-3(9-4)5(7)10;/h1-2H,(H2,7,10);1H. The first-order chi connectivity index (χ1) is 4.70. The summed E-state index contributed by atoms with van der Waals surface area (Å²) in [6.07, 6.45) is 2.59. The summed E-state index contributed by atoms with van der Waals surface area (Å²) in [4.78, 5) is 17.6. The number of nitrogens with two attached hydrogens (primary N) is 1. The van der Waals surface area contributed by atoms with E-state index in [2.05, 4.69) is 9.97 Å². The Morgan fingerprint density at radius 3 is 2.55 bits per heavy atom. The second-order valence-electron chi connectivity index (χ2n) is 1.59. The summed E-state index contributed by atoms with van der Waals surface area (Å²) in [5.74, 6) is -0.630. The Hall–Kier alpha value is -0.870. The van der Waals surface area contributed by atoms with Crippen molar-refractivity contribution in [1.82, 2.24) is 9.97 Å². The number of carbonyl (C=O) groups excluding carboxylic acids is 1. The molecule has 0 saturated heterocycles. The second-order valence-corrected chi connectivity index (χ2v) is 1.98. The van der Waals surface area contributed by atoms with Gasteiger partial charge in [-0.3, -0.25) is 9.78 Å². The molecule has 0 unspecified atom stereocenters. The summed E-state index contributed by atoms with van der Waals surface area (Å²) in [6, 6.07) is 0. The van der Waals surface area contributed by atoms with Gasteiger partial charge in [0, 0.05) is 0 Å². The van der Waals surface area contributed by atoms with E-state index in [1.54, 1.807) is 0 Å². The van der Waals surface area contributed by atoms with Crippen LogP contribution in [0.4, 0.5) is 0 Å². The topological polar surface area (TPSA) is 68.9 Å². The largest absolute Gasteiger partial charge is 0.364 e. The van der Waals surface area contributed by atoms with E-state index in [9.17, 15) is 4.79 Å². The number of rotatable bonds is 1. The highest BCUT2D eigenvalue weighted by molar-refractivity contribution is 6.29. The number of primary amides is 1. The molecule has 0 bridgehead atoms. The molecule has 60 valence electrons. The van der Waals surface area contributed by atoms with E-state index in [-0.39, 0.29) is 23.3 Å². The first kappa shape index (κ1) is 10.1. The number of hydrogen-bond donors (Lipinski definition) is 1. The van der Waals surface area contributed by atoms with Crippen LogP contribution in [0.3, 0.4) is 0 Å². The van der Waals surface area contributed by atoms with E-state index in [4.69, 9.17) is 17.3 Å². The Labute approximate surface area is 74.2 Å². The molecule has 1 aromatic heterocycles. The fourth-order valence-corrected chi connectivity index (χ4v) is 0.608. The van der Waals surface area contributed by atoms with Crippen molar-refractivity contribution >= 4 is 29.9 Å². The number of nitrogens with zero attached hydrogens (tertiary/aromatic N) is 2. The van der Waals surface area contributed by atoms with Crippen LogP contribution in [0.1, 0.15) is 10.5 Å². The van der Waals surface area contributed by atoms with Crippen LogP contribution in [-0.2, 0) is 0 Å². The van der Waals surface area contributed by atoms with Gasteiger partial charge in [-0.1, -0.05) is 11.6 Å². The summed E-state index contributed by atoms with van der Waals surface area (Å²) >= 11 is 5.41. The van der Waals surface area contributed by atoms with E-state index < -0.39 is 5.91 Å². The highest BCUT2D eigenvalue weighted by Crippen LogP contribution is 2.00. The summed E-state index contributed by atoms with van der Waals surface area (Å²) in [6.45, 7) is 0. The smallest absolute Gasteiger partial charge is 0.268 e. The van der Waals surface area contributed by atoms with Gasteiger partial charge in [0.05, 0.1) is 12.4 Å². The molecule has 1 aromatic rings. The zero-order chi connectivity index (χ0) is 7.56. The van der Waals surface area contributed by atoms with E-state index >= 15 is 0 Å². The zero-order valence-electron chi connectivity index (χ0n) is 5.32. The number of amides is 1. The first-order valence-corrected chi connectivity index (χ1v) is 2.85. The normalized spacial score (nSPS) is 8.45. The Morgan fingerprint density at radius 1 is 1.55 bits per heavy atom. The van der Waals surface area contributed by atoms with Gasteiger partial charge >= 0.3 is 0 Å². The summed E-state index contributed by atoms with van der Waals surface area (Å²) < 4.78 is 0. The summed E-state index contributed by atoms with van der Waals surface area (Å²) in [7, 11) is 0. The second kappa shape index (κ2) is 4.10. The maximum Gasteiger partial charge on any atom is 0.268 e. The van der Waals surface area contributed by atoms with Crippen LogP contribution in [0.25, 0.3) is 0 Å². The van der Waals surface area contributed by atoms with Crippen molar-refractivity contribution in [2.24, 2.45) is 5.73 Å². The van der Waals surface area contributed by atoms with Crippen LogP contribution in [0.15, 0.2) is 12.4 Å². The molecule has 0 radical (unpaired) electrons. The van der Waals surface area contributed by atoms with Gasteiger partial charge in [-0.05, 0) is 0 Å². The van der Waals surface area contributed by atoms with Gasteiger partial charge < -0.3 is 5.73 Å². The lowest BCUT2D eigenvalue weighted by Gasteiger charge is -1.91. The van der Waals surface area contributed by atoms with Gasteiger partial charge in [-0.2, -0.15) is 0 Å². The number of carbonyl (C=O) groups is 1. The highest BCUT2D eigenvalue weighted by Gasteiger charge is 2.01. The Kier molecular flexibility index (Phi) is 3.78. The minimum absolute atomic E-state index is 0. The molecule has 0 aliphatic carbocycles. The molecule has 4 nitrogen and oxygen atoms in total. The molecule has 0 fully saturated rings. The van der Waals surface area contributed by atoms with Gasteiger partial charge in [0.1, 0.15) is 10.8 Å². The molecule has 1 amide bonds. The van der Waals surface area contributed by atoms with Crippen LogP contribution in [0.5, 0.6) is 0 Å². The SMILES string of the molecule is Cl.NC(=O)c1cncc(Cl)n1. The van der Waals surface area contributed by atoms with E-state index in [1.165, 1.54) is 12.4 Å². The van der Waals surface area contributed by atoms with E-state index in [0.717, 1.165) is 0 Å². The van der Waals surface area contributed by atoms with Crippen molar-refractivity contribution in [3.8, 4) is 0 Å². The molecule has 0 aliphatic rings. The van der Waals surface area contributed by atoms with Crippen LogP contribution in [0, 0.1) is 0 Å². The Balaban J connectivity index is 0.000001000. The maximum atomic E-state index is 10.4. The first-order valence-electron chi connectivity index (χ1n) is 2.47. The molecule has 11 heavy (non-hydrogen) atoms. The third-order valence-electron chi connectivity index (χ3n) is 0.858. The lowest BCUT2D eigenvalue weighted by molar-refractivity contribution is 0.0995. The Morgan fingerprint density at radius 2 is 2.18 bits per heavy atom. The van der Waals surface area contributed by atoms with Crippen molar-refractivity contribution in [2.75, 3.05) is 0 Å². The zero-order valence-corrected chi connectivity index (χ0v) is 6.89. The summed E-state index contributed by atoms with van der Waals surface area (Å²) in [5.41, 5.74) is 4.96. The van der Waals surface area contributed by atoms with E-state index in [1.807, 2.05) is 0 Å². The lowest BCUT2D eigenvalue weighted by atomic mass is 10.4. The molecular formula is C5H5Cl2N3O. The van der Waals surface area contributed by atoms with Gasteiger partial charge in [-0.25, -0.2) is 4.98 Å². The molecule has 0 atom stereocenters. The minimum Gasteiger partial charge on any atom is -0.364 e. The fraction of sp³-hybridized carbons (Fsp3) is 0. The van der Waals surface area contributed by atoms with Crippen molar-refractivity contribution in [1.29, 1.82) is 0 Å².